The summed E-state index contributed by atoms with van der Waals surface area (Å²) in [6.07, 6.45) is 0. The molecule has 0 atom stereocenters. The second-order valence-corrected chi connectivity index (χ2v) is 4.21. The Morgan fingerprint density at radius 3 is 2.78 bits per heavy atom. The maximum atomic E-state index is 13.0. The number of rotatable bonds is 2. The van der Waals surface area contributed by atoms with Crippen LogP contribution in [0.4, 0.5) is 10.1 Å². The number of carbonyl (C=O) groups is 1. The van der Waals surface area contributed by atoms with Crippen molar-refractivity contribution in [2.24, 2.45) is 7.05 Å². The molecule has 0 saturated heterocycles. The van der Waals surface area contributed by atoms with Gasteiger partial charge in [0.2, 0.25) is 0 Å². The average Bonchev–Trinajstić information content (AvgIpc) is 2.57. The highest BCUT2D eigenvalue weighted by atomic mass is 35.5. The van der Waals surface area contributed by atoms with Gasteiger partial charge in [-0.05, 0) is 25.1 Å². The minimum atomic E-state index is -0.464. The fourth-order valence-corrected chi connectivity index (χ4v) is 1.73. The Kier molecular flexibility index (Phi) is 3.34. The van der Waals surface area contributed by atoms with Crippen molar-refractivity contribution < 1.29 is 9.18 Å². The molecule has 1 heterocycles. The Bertz CT molecular complexity index is 609. The van der Waals surface area contributed by atoms with Gasteiger partial charge >= 0.3 is 0 Å². The van der Waals surface area contributed by atoms with Gasteiger partial charge < -0.3 is 5.32 Å². The number of aryl methyl sites for hydroxylation is 1. The molecule has 1 aromatic carbocycles. The first-order chi connectivity index (χ1) is 8.49. The van der Waals surface area contributed by atoms with Crippen LogP contribution in [0.2, 0.25) is 5.02 Å². The monoisotopic (exact) mass is 267 g/mol. The first-order valence-corrected chi connectivity index (χ1v) is 5.63. The molecule has 0 aliphatic rings. The smallest absolute Gasteiger partial charge is 0.277 e. The molecule has 0 unspecified atom stereocenters. The average molecular weight is 268 g/mol. The maximum absolute atomic E-state index is 13.0. The summed E-state index contributed by atoms with van der Waals surface area (Å²) in [6.45, 7) is 1.76. The largest absolute Gasteiger partial charge is 0.320 e. The second-order valence-electron chi connectivity index (χ2n) is 3.84. The molecule has 0 aliphatic carbocycles. The number of aromatic nitrogens is 2. The zero-order valence-corrected chi connectivity index (χ0v) is 10.6. The van der Waals surface area contributed by atoms with E-state index >= 15 is 0 Å². The molecule has 6 heteroatoms. The summed E-state index contributed by atoms with van der Waals surface area (Å²) in [7, 11) is 1.69. The van der Waals surface area contributed by atoms with E-state index in [4.69, 9.17) is 11.6 Å². The van der Waals surface area contributed by atoms with Crippen LogP contribution in [-0.4, -0.2) is 15.7 Å². The predicted octanol–water partition coefficient (Wildman–Crippen LogP) is 2.77. The van der Waals surface area contributed by atoms with E-state index < -0.39 is 11.7 Å². The molecule has 0 radical (unpaired) electrons. The third-order valence-corrected chi connectivity index (χ3v) is 3.01. The van der Waals surface area contributed by atoms with Gasteiger partial charge in [-0.25, -0.2) is 4.39 Å². The van der Waals surface area contributed by atoms with Crippen LogP contribution in [0.5, 0.6) is 0 Å². The molecule has 18 heavy (non-hydrogen) atoms. The first kappa shape index (κ1) is 12.6. The second kappa shape index (κ2) is 4.78. The van der Waals surface area contributed by atoms with Crippen molar-refractivity contribution in [1.29, 1.82) is 0 Å². The number of anilines is 1. The van der Waals surface area contributed by atoms with Crippen LogP contribution in [0.1, 0.15) is 16.2 Å². The molecule has 0 saturated carbocycles. The lowest BCUT2D eigenvalue weighted by Gasteiger charge is -2.03. The first-order valence-electron chi connectivity index (χ1n) is 5.25. The van der Waals surface area contributed by atoms with Crippen LogP contribution in [0.15, 0.2) is 24.3 Å². The van der Waals surface area contributed by atoms with Crippen LogP contribution < -0.4 is 5.32 Å². The molecule has 1 amide bonds. The molecule has 1 N–H and O–H groups in total. The maximum Gasteiger partial charge on any atom is 0.277 e. The number of nitrogens with one attached hydrogen (secondary N) is 1. The molecule has 0 aliphatic heterocycles. The molecule has 2 rings (SSSR count). The van der Waals surface area contributed by atoms with E-state index in [1.807, 2.05) is 0 Å². The molecule has 94 valence electrons. The number of nitrogens with zero attached hydrogens (tertiary/aromatic N) is 2. The Balaban J connectivity index is 2.25. The van der Waals surface area contributed by atoms with Crippen molar-refractivity contribution >= 4 is 23.2 Å². The highest BCUT2D eigenvalue weighted by Crippen LogP contribution is 2.20. The summed E-state index contributed by atoms with van der Waals surface area (Å²) in [5, 5.41) is 6.85. The van der Waals surface area contributed by atoms with Gasteiger partial charge in [0.15, 0.2) is 5.69 Å². The van der Waals surface area contributed by atoms with Crippen molar-refractivity contribution in [1.82, 2.24) is 9.78 Å². The third kappa shape index (κ3) is 2.36. The Hall–Kier alpha value is -1.88. The van der Waals surface area contributed by atoms with Gasteiger partial charge in [0.1, 0.15) is 5.82 Å². The topological polar surface area (TPSA) is 46.9 Å². The zero-order chi connectivity index (χ0) is 13.3. The minimum absolute atomic E-state index is 0.126. The quantitative estimate of drug-likeness (QED) is 0.909. The normalized spacial score (nSPS) is 10.4. The number of hydrogen-bond acceptors (Lipinski definition) is 2. The van der Waals surface area contributed by atoms with Crippen molar-refractivity contribution in [3.05, 3.63) is 46.5 Å². The number of halogens is 2. The van der Waals surface area contributed by atoms with Gasteiger partial charge in [0.25, 0.3) is 5.91 Å². The van der Waals surface area contributed by atoms with Gasteiger partial charge in [-0.2, -0.15) is 5.10 Å². The van der Waals surface area contributed by atoms with E-state index in [9.17, 15) is 9.18 Å². The molecule has 1 aromatic heterocycles. The van der Waals surface area contributed by atoms with E-state index in [-0.39, 0.29) is 5.69 Å². The van der Waals surface area contributed by atoms with Crippen molar-refractivity contribution in [2.75, 3.05) is 5.32 Å². The third-order valence-electron chi connectivity index (χ3n) is 2.56. The summed E-state index contributed by atoms with van der Waals surface area (Å²) >= 11 is 5.99. The van der Waals surface area contributed by atoms with E-state index in [0.717, 1.165) is 0 Å². The van der Waals surface area contributed by atoms with Crippen LogP contribution >= 0.6 is 11.6 Å². The van der Waals surface area contributed by atoms with Gasteiger partial charge in [-0.3, -0.25) is 9.48 Å². The minimum Gasteiger partial charge on any atom is -0.320 e. The summed E-state index contributed by atoms with van der Waals surface area (Å²) in [4.78, 5) is 11.9. The lowest BCUT2D eigenvalue weighted by Crippen LogP contribution is -2.13. The highest BCUT2D eigenvalue weighted by molar-refractivity contribution is 6.34. The Morgan fingerprint density at radius 1 is 1.50 bits per heavy atom. The van der Waals surface area contributed by atoms with Crippen molar-refractivity contribution in [2.45, 2.75) is 6.92 Å². The van der Waals surface area contributed by atoms with Gasteiger partial charge in [-0.15, -0.1) is 0 Å². The van der Waals surface area contributed by atoms with E-state index in [0.29, 0.717) is 16.4 Å². The molecule has 0 bridgehead atoms. The van der Waals surface area contributed by atoms with E-state index in [1.165, 1.54) is 22.9 Å². The van der Waals surface area contributed by atoms with Crippen LogP contribution in [0, 0.1) is 12.7 Å². The lowest BCUT2D eigenvalue weighted by atomic mass is 10.3. The number of hydrogen-bond donors (Lipinski definition) is 1. The van der Waals surface area contributed by atoms with E-state index in [1.54, 1.807) is 20.0 Å². The van der Waals surface area contributed by atoms with Crippen molar-refractivity contribution in [3.63, 3.8) is 0 Å². The predicted molar refractivity (Wildman–Crippen MR) is 67.3 cm³/mol. The van der Waals surface area contributed by atoms with Crippen LogP contribution in [-0.2, 0) is 7.05 Å². The van der Waals surface area contributed by atoms with Gasteiger partial charge in [-0.1, -0.05) is 17.7 Å². The Morgan fingerprint density at radius 2 is 2.22 bits per heavy atom. The fraction of sp³-hybridized carbons (Fsp3) is 0.167. The SMILES string of the molecule is Cc1c(Cl)c(C(=O)Nc2cccc(F)c2)nn1C. The highest BCUT2D eigenvalue weighted by Gasteiger charge is 2.18. The number of benzene rings is 1. The Labute approximate surface area is 108 Å². The molecule has 0 fully saturated rings. The van der Waals surface area contributed by atoms with Crippen molar-refractivity contribution in [3.8, 4) is 0 Å². The van der Waals surface area contributed by atoms with E-state index in [2.05, 4.69) is 10.4 Å². The fourth-order valence-electron chi connectivity index (χ4n) is 1.48. The van der Waals surface area contributed by atoms with Crippen LogP contribution in [0.25, 0.3) is 0 Å². The lowest BCUT2D eigenvalue weighted by molar-refractivity contribution is 0.102. The zero-order valence-electron chi connectivity index (χ0n) is 9.87. The number of amides is 1. The summed E-state index contributed by atoms with van der Waals surface area (Å²) in [6, 6.07) is 5.62. The van der Waals surface area contributed by atoms with Gasteiger partial charge in [0.05, 0.1) is 10.7 Å². The van der Waals surface area contributed by atoms with Crippen LogP contribution in [0.3, 0.4) is 0 Å². The standard InChI is InChI=1S/C12H11ClFN3O/c1-7-10(13)11(16-17(7)2)12(18)15-9-5-3-4-8(14)6-9/h3-6H,1-2H3,(H,15,18). The molecule has 2 aromatic rings. The molecular formula is C12H11ClFN3O. The summed E-state index contributed by atoms with van der Waals surface area (Å²) < 4.78 is 14.5. The van der Waals surface area contributed by atoms with Gasteiger partial charge in [0, 0.05) is 12.7 Å². The molecule has 0 spiro atoms. The molecular weight excluding hydrogens is 257 g/mol. The summed E-state index contributed by atoms with van der Waals surface area (Å²) in [5.74, 6) is -0.884. The summed E-state index contributed by atoms with van der Waals surface area (Å²) in [5.41, 5.74) is 1.18. The number of carbonyl (C=O) groups excluding carboxylic acids is 1. The molecule has 4 nitrogen and oxygen atoms in total.